The molecule has 0 N–H and O–H groups in total. The molecule has 0 aliphatic heterocycles. The molecule has 0 fully saturated rings. The van der Waals surface area contributed by atoms with Gasteiger partial charge < -0.3 is 0 Å². The van der Waals surface area contributed by atoms with Crippen LogP contribution in [-0.2, 0) is 0 Å². The summed E-state index contributed by atoms with van der Waals surface area (Å²) in [5.41, 5.74) is 0. The third-order valence-corrected chi connectivity index (χ3v) is 0.189. The second-order valence-electron chi connectivity index (χ2n) is 0.448. The SMILES string of the molecule is n1noooo1. The highest BCUT2D eigenvalue weighted by Gasteiger charge is 1.64. The van der Waals surface area contributed by atoms with Crippen LogP contribution in [0.4, 0.5) is 0 Å². The Balaban J connectivity index is 3.00. The van der Waals surface area contributed by atoms with Crippen LogP contribution in [0.2, 0.25) is 0 Å². The second kappa shape index (κ2) is 1.29. The molecule has 0 saturated heterocycles. The molecule has 0 aliphatic carbocycles. The Labute approximate surface area is 30.7 Å². The average Bonchev–Trinajstić information content (AvgIpc) is 1.72. The average molecular weight is 92.0 g/mol. The van der Waals surface area contributed by atoms with E-state index in [-0.39, 0.29) is 0 Å². The van der Waals surface area contributed by atoms with Gasteiger partial charge in [-0.25, -0.2) is 0 Å². The zero-order chi connectivity index (χ0) is 4.24. The molecule has 1 heterocycles. The minimum absolute atomic E-state index is 2.73. The molecule has 6 heavy (non-hydrogen) atoms. The number of nitrogens with zero attached hydrogens (tertiary/aromatic N) is 2. The van der Waals surface area contributed by atoms with Crippen molar-refractivity contribution in [3.63, 3.8) is 0 Å². The van der Waals surface area contributed by atoms with Crippen LogP contribution in [0.3, 0.4) is 0 Å². The Hall–Kier alpha value is -1.20. The largest absolute Gasteiger partial charge is 0.122 e. The highest BCUT2D eigenvalue weighted by Crippen LogP contribution is 1.67. The number of rotatable bonds is 0. The third-order valence-electron chi connectivity index (χ3n) is 0.189. The van der Waals surface area contributed by atoms with Gasteiger partial charge in [0, 0.05) is 0 Å². The van der Waals surface area contributed by atoms with Crippen molar-refractivity contribution >= 4 is 0 Å². The monoisotopic (exact) mass is 92.0 g/mol. The zero-order valence-electron chi connectivity index (χ0n) is 2.53. The summed E-state index contributed by atoms with van der Waals surface area (Å²) in [5, 5.41) is 5.47. The third kappa shape index (κ3) is 0.394. The highest BCUT2D eigenvalue weighted by atomic mass is 17.4. The molecule has 0 saturated carbocycles. The molecule has 0 amide bonds. The van der Waals surface area contributed by atoms with Crippen LogP contribution in [0.15, 0.2) is 18.8 Å². The van der Waals surface area contributed by atoms with E-state index in [4.69, 9.17) is 0 Å². The lowest BCUT2D eigenvalue weighted by Crippen LogP contribution is -1.69. The Bertz CT molecular complexity index is 77.5. The van der Waals surface area contributed by atoms with E-state index in [0.717, 1.165) is 0 Å². The smallest absolute Gasteiger partial charge is 0.103 e. The fourth-order valence-corrected chi connectivity index (χ4v) is 0.0793. The van der Waals surface area contributed by atoms with Crippen molar-refractivity contribution < 1.29 is 18.8 Å². The summed E-state index contributed by atoms with van der Waals surface area (Å²) in [6.45, 7) is 0. The molecule has 1 rings (SSSR count). The van der Waals surface area contributed by atoms with Crippen molar-refractivity contribution in [1.29, 1.82) is 0 Å². The number of aromatic nitrogens is 2. The fraction of sp³-hybridized carbons (Fsp3) is 0. The summed E-state index contributed by atoms with van der Waals surface area (Å²) in [7, 11) is 0. The maximum atomic E-state index is 3.68. The van der Waals surface area contributed by atoms with Crippen LogP contribution in [0.25, 0.3) is 0 Å². The fourth-order valence-electron chi connectivity index (χ4n) is 0.0793. The van der Waals surface area contributed by atoms with E-state index in [9.17, 15) is 0 Å². The molecule has 6 nitrogen and oxygen atoms in total. The molecule has 6 heteroatoms. The lowest BCUT2D eigenvalue weighted by Gasteiger charge is -1.64. The van der Waals surface area contributed by atoms with Crippen LogP contribution in [0.5, 0.6) is 0 Å². The zero-order valence-corrected chi connectivity index (χ0v) is 2.53. The van der Waals surface area contributed by atoms with Crippen molar-refractivity contribution in [2.24, 2.45) is 0 Å². The van der Waals surface area contributed by atoms with E-state index < -0.39 is 0 Å². The van der Waals surface area contributed by atoms with Crippen molar-refractivity contribution in [3.8, 4) is 0 Å². The molecular weight excluding hydrogens is 92.0 g/mol. The van der Waals surface area contributed by atoms with Gasteiger partial charge in [0.25, 0.3) is 0 Å². The second-order valence-corrected chi connectivity index (χ2v) is 0.448. The summed E-state index contributed by atoms with van der Waals surface area (Å²) in [6, 6.07) is 0. The van der Waals surface area contributed by atoms with Crippen molar-refractivity contribution in [2.75, 3.05) is 0 Å². The molecular formula is N2O4. The van der Waals surface area contributed by atoms with Crippen LogP contribution < -0.4 is 0 Å². The first-order valence-corrected chi connectivity index (χ1v) is 1.07. The van der Waals surface area contributed by atoms with Gasteiger partial charge in [0.15, 0.2) is 0 Å². The summed E-state index contributed by atoms with van der Waals surface area (Å²) in [6.07, 6.45) is 0. The van der Waals surface area contributed by atoms with E-state index in [2.05, 4.69) is 29.4 Å². The van der Waals surface area contributed by atoms with E-state index in [1.54, 1.807) is 0 Å². The molecule has 0 atom stereocenters. The molecule has 0 aliphatic rings. The van der Waals surface area contributed by atoms with Crippen LogP contribution in [0, 0.1) is 0 Å². The predicted octanol–water partition coefficient (Wildman–Crippen LogP) is -0.0270. The standard InChI is InChI=1S/N2O4/c1-2-4-6-5-3-1. The normalized spacial score (nSPS) is 8.00. The van der Waals surface area contributed by atoms with Gasteiger partial charge in [-0.05, 0) is 9.47 Å². The van der Waals surface area contributed by atoms with Gasteiger partial charge in [0.05, 0.1) is 0 Å². The molecule has 0 unspecified atom stereocenters. The minimum Gasteiger partial charge on any atom is -0.103 e. The number of hydrogen-bond donors (Lipinski definition) is 0. The molecule has 0 bridgehead atoms. The molecule has 34 valence electrons. The Morgan fingerprint density at radius 3 is 1.50 bits per heavy atom. The van der Waals surface area contributed by atoms with E-state index in [1.165, 1.54) is 0 Å². The van der Waals surface area contributed by atoms with Crippen LogP contribution >= 0.6 is 0 Å². The minimum atomic E-state index is 2.73. The van der Waals surface area contributed by atoms with Crippen molar-refractivity contribution in [3.05, 3.63) is 0 Å². The van der Waals surface area contributed by atoms with Gasteiger partial charge in [-0.2, -0.15) is 0 Å². The van der Waals surface area contributed by atoms with Crippen LogP contribution in [0.1, 0.15) is 0 Å². The van der Waals surface area contributed by atoms with Crippen molar-refractivity contribution in [1.82, 2.24) is 10.5 Å². The maximum Gasteiger partial charge on any atom is 0.122 e. The quantitative estimate of drug-likeness (QED) is 0.418. The van der Waals surface area contributed by atoms with Gasteiger partial charge in [-0.3, -0.25) is 0 Å². The van der Waals surface area contributed by atoms with E-state index >= 15 is 0 Å². The Morgan fingerprint density at radius 1 is 0.833 bits per heavy atom. The van der Waals surface area contributed by atoms with Gasteiger partial charge >= 0.3 is 0 Å². The summed E-state index contributed by atoms with van der Waals surface area (Å²) in [4.78, 5) is 0. The highest BCUT2D eigenvalue weighted by molar-refractivity contribution is 3.38. The van der Waals surface area contributed by atoms with Gasteiger partial charge in [0.1, 0.15) is 10.5 Å². The van der Waals surface area contributed by atoms with E-state index in [0.29, 0.717) is 0 Å². The molecule has 1 aromatic heterocycles. The Morgan fingerprint density at radius 2 is 1.33 bits per heavy atom. The lowest BCUT2D eigenvalue weighted by atomic mass is 12.9. The topological polar surface area (TPSA) is 78.3 Å². The lowest BCUT2D eigenvalue weighted by molar-refractivity contribution is -0.363. The van der Waals surface area contributed by atoms with Gasteiger partial charge in [-0.1, -0.05) is 0 Å². The summed E-state index contributed by atoms with van der Waals surface area (Å²) in [5.74, 6) is 0. The van der Waals surface area contributed by atoms with Crippen LogP contribution in [-0.4, -0.2) is 10.5 Å². The molecule has 0 aromatic carbocycles. The maximum absolute atomic E-state index is 3.68. The summed E-state index contributed by atoms with van der Waals surface area (Å²) < 4.78 is 14.5. The molecule has 0 spiro atoms. The predicted molar refractivity (Wildman–Crippen MR) is 8.72 cm³/mol. The first-order chi connectivity index (χ1) is 3.00. The van der Waals surface area contributed by atoms with E-state index in [1.807, 2.05) is 0 Å². The van der Waals surface area contributed by atoms with Gasteiger partial charge in [0.2, 0.25) is 0 Å². The molecule has 1 aromatic rings. The Kier molecular flexibility index (Phi) is 0.648. The molecule has 0 radical (unpaired) electrons. The van der Waals surface area contributed by atoms with Crippen molar-refractivity contribution in [2.45, 2.75) is 0 Å². The number of hydrogen-bond acceptors (Lipinski definition) is 6. The first kappa shape index (κ1) is 3.01. The first-order valence-electron chi connectivity index (χ1n) is 1.07. The van der Waals surface area contributed by atoms with Gasteiger partial charge in [-0.15, -0.1) is 9.36 Å². The summed E-state index contributed by atoms with van der Waals surface area (Å²) >= 11 is 0.